The molecule has 1 heterocycles. The Morgan fingerprint density at radius 3 is 2.63 bits per heavy atom. The number of aromatic amines is 1. The molecular formula is C14H16N2O3. The van der Waals surface area contributed by atoms with Crippen molar-refractivity contribution in [2.24, 2.45) is 0 Å². The highest BCUT2D eigenvalue weighted by molar-refractivity contribution is 5.72. The van der Waals surface area contributed by atoms with Crippen LogP contribution in [0.5, 0.6) is 5.75 Å². The molecule has 5 nitrogen and oxygen atoms in total. The number of hydrogen-bond donors (Lipinski definition) is 2. The number of nitrogens with one attached hydrogen (secondary N) is 1. The first-order valence-corrected chi connectivity index (χ1v) is 5.93. The summed E-state index contributed by atoms with van der Waals surface area (Å²) in [6.07, 6.45) is -0.0693. The summed E-state index contributed by atoms with van der Waals surface area (Å²) in [5, 5.41) is 15.6. The summed E-state index contributed by atoms with van der Waals surface area (Å²) in [6.45, 7) is 4.03. The molecule has 0 saturated carbocycles. The van der Waals surface area contributed by atoms with Gasteiger partial charge in [0.25, 0.3) is 0 Å². The van der Waals surface area contributed by atoms with Crippen LogP contribution in [0.1, 0.15) is 16.8 Å². The van der Waals surface area contributed by atoms with Crippen LogP contribution in [-0.4, -0.2) is 28.4 Å². The molecule has 5 heteroatoms. The molecule has 0 radical (unpaired) electrons. The standard InChI is InChI=1S/C14H16N2O3/c1-8-4-11(13(19-3)5-9(8)2)12-6-10(15-16-12)7-14(17)18/h4-6H,7H2,1-3H3,(H,15,16)(H,17,18). The molecule has 0 aliphatic carbocycles. The molecule has 2 N–H and O–H groups in total. The van der Waals surface area contributed by atoms with Crippen LogP contribution in [0, 0.1) is 13.8 Å². The zero-order valence-corrected chi connectivity index (χ0v) is 11.2. The molecule has 1 aromatic carbocycles. The number of aromatic nitrogens is 2. The van der Waals surface area contributed by atoms with Crippen LogP contribution >= 0.6 is 0 Å². The first-order valence-electron chi connectivity index (χ1n) is 5.93. The predicted octanol–water partition coefficient (Wildman–Crippen LogP) is 2.33. The van der Waals surface area contributed by atoms with Crippen LogP contribution in [0.2, 0.25) is 0 Å². The van der Waals surface area contributed by atoms with Crippen LogP contribution in [-0.2, 0) is 11.2 Å². The van der Waals surface area contributed by atoms with E-state index in [0.29, 0.717) is 11.4 Å². The smallest absolute Gasteiger partial charge is 0.309 e. The van der Waals surface area contributed by atoms with Crippen LogP contribution in [0.15, 0.2) is 18.2 Å². The van der Waals surface area contributed by atoms with Gasteiger partial charge in [-0.3, -0.25) is 9.89 Å². The van der Waals surface area contributed by atoms with Crippen molar-refractivity contribution < 1.29 is 14.6 Å². The number of hydrogen-bond acceptors (Lipinski definition) is 3. The van der Waals surface area contributed by atoms with Gasteiger partial charge in [0.05, 0.1) is 19.2 Å². The summed E-state index contributed by atoms with van der Waals surface area (Å²) in [4.78, 5) is 10.7. The van der Waals surface area contributed by atoms with Crippen molar-refractivity contribution in [1.29, 1.82) is 0 Å². The molecular weight excluding hydrogens is 244 g/mol. The van der Waals surface area contributed by atoms with E-state index in [1.54, 1.807) is 13.2 Å². The Morgan fingerprint density at radius 1 is 1.32 bits per heavy atom. The molecule has 0 saturated heterocycles. The second kappa shape index (κ2) is 5.14. The second-order valence-corrected chi connectivity index (χ2v) is 4.49. The zero-order valence-electron chi connectivity index (χ0n) is 11.2. The van der Waals surface area contributed by atoms with E-state index in [4.69, 9.17) is 9.84 Å². The molecule has 0 bridgehead atoms. The first-order chi connectivity index (χ1) is 9.01. The van der Waals surface area contributed by atoms with E-state index in [0.717, 1.165) is 22.4 Å². The number of benzene rings is 1. The summed E-state index contributed by atoms with van der Waals surface area (Å²) in [6, 6.07) is 5.69. The molecule has 0 fully saturated rings. The molecule has 2 aromatic rings. The molecule has 0 aliphatic rings. The van der Waals surface area contributed by atoms with Gasteiger partial charge in [-0.25, -0.2) is 0 Å². The van der Waals surface area contributed by atoms with Gasteiger partial charge in [-0.1, -0.05) is 0 Å². The molecule has 0 spiro atoms. The number of carbonyl (C=O) groups is 1. The van der Waals surface area contributed by atoms with Crippen molar-refractivity contribution in [3.05, 3.63) is 35.0 Å². The average molecular weight is 260 g/mol. The van der Waals surface area contributed by atoms with Crippen molar-refractivity contribution in [2.45, 2.75) is 20.3 Å². The monoisotopic (exact) mass is 260 g/mol. The minimum atomic E-state index is -0.887. The van der Waals surface area contributed by atoms with E-state index in [1.807, 2.05) is 26.0 Å². The van der Waals surface area contributed by atoms with Crippen molar-refractivity contribution in [3.63, 3.8) is 0 Å². The molecule has 100 valence electrons. The fraction of sp³-hybridized carbons (Fsp3) is 0.286. The highest BCUT2D eigenvalue weighted by Gasteiger charge is 2.12. The number of carboxylic acid groups (broad SMARTS) is 1. The number of nitrogens with zero attached hydrogens (tertiary/aromatic N) is 1. The maximum atomic E-state index is 10.7. The Labute approximate surface area is 111 Å². The van der Waals surface area contributed by atoms with Crippen molar-refractivity contribution in [2.75, 3.05) is 7.11 Å². The lowest BCUT2D eigenvalue weighted by molar-refractivity contribution is -0.136. The zero-order chi connectivity index (χ0) is 14.0. The van der Waals surface area contributed by atoms with Crippen molar-refractivity contribution >= 4 is 5.97 Å². The van der Waals surface area contributed by atoms with Gasteiger partial charge < -0.3 is 9.84 Å². The minimum absolute atomic E-state index is 0.0693. The fourth-order valence-electron chi connectivity index (χ4n) is 1.91. The Morgan fingerprint density at radius 2 is 2.00 bits per heavy atom. The van der Waals surface area contributed by atoms with E-state index in [1.165, 1.54) is 0 Å². The number of carboxylic acids is 1. The SMILES string of the molecule is COc1cc(C)c(C)cc1-c1cc(CC(=O)O)[nH]n1. The molecule has 2 rings (SSSR count). The van der Waals surface area contributed by atoms with Gasteiger partial charge in [-0.2, -0.15) is 5.10 Å². The lowest BCUT2D eigenvalue weighted by Crippen LogP contribution is -1.99. The van der Waals surface area contributed by atoms with E-state index in [-0.39, 0.29) is 6.42 Å². The Bertz CT molecular complexity index is 617. The number of rotatable bonds is 4. The number of methoxy groups -OCH3 is 1. The lowest BCUT2D eigenvalue weighted by atomic mass is 10.0. The van der Waals surface area contributed by atoms with Gasteiger partial charge in [-0.05, 0) is 43.2 Å². The average Bonchev–Trinajstić information content (AvgIpc) is 2.79. The normalized spacial score (nSPS) is 10.5. The highest BCUT2D eigenvalue weighted by atomic mass is 16.5. The molecule has 0 atom stereocenters. The van der Waals surface area contributed by atoms with Crippen LogP contribution in [0.4, 0.5) is 0 Å². The van der Waals surface area contributed by atoms with E-state index in [2.05, 4.69) is 10.2 Å². The number of aliphatic carboxylic acids is 1. The molecule has 0 unspecified atom stereocenters. The van der Waals surface area contributed by atoms with Gasteiger partial charge in [0, 0.05) is 11.3 Å². The number of aryl methyl sites for hydroxylation is 2. The number of H-pyrrole nitrogens is 1. The lowest BCUT2D eigenvalue weighted by Gasteiger charge is -2.09. The first kappa shape index (κ1) is 13.1. The van der Waals surface area contributed by atoms with Gasteiger partial charge >= 0.3 is 5.97 Å². The Kier molecular flexibility index (Phi) is 3.55. The maximum absolute atomic E-state index is 10.7. The van der Waals surface area contributed by atoms with Gasteiger partial charge in [0.2, 0.25) is 0 Å². The third-order valence-corrected chi connectivity index (χ3v) is 3.06. The maximum Gasteiger partial charge on any atom is 0.309 e. The van der Waals surface area contributed by atoms with Gasteiger partial charge in [0.15, 0.2) is 0 Å². The van der Waals surface area contributed by atoms with Crippen molar-refractivity contribution in [1.82, 2.24) is 10.2 Å². The molecule has 19 heavy (non-hydrogen) atoms. The number of ether oxygens (including phenoxy) is 1. The van der Waals surface area contributed by atoms with Crippen LogP contribution < -0.4 is 4.74 Å². The topological polar surface area (TPSA) is 75.2 Å². The van der Waals surface area contributed by atoms with E-state index in [9.17, 15) is 4.79 Å². The van der Waals surface area contributed by atoms with E-state index < -0.39 is 5.97 Å². The van der Waals surface area contributed by atoms with Gasteiger partial charge in [-0.15, -0.1) is 0 Å². The Hall–Kier alpha value is -2.30. The quantitative estimate of drug-likeness (QED) is 0.884. The van der Waals surface area contributed by atoms with Crippen LogP contribution in [0.3, 0.4) is 0 Å². The summed E-state index contributed by atoms with van der Waals surface area (Å²) >= 11 is 0. The third-order valence-electron chi connectivity index (χ3n) is 3.06. The minimum Gasteiger partial charge on any atom is -0.496 e. The van der Waals surface area contributed by atoms with E-state index >= 15 is 0 Å². The summed E-state index contributed by atoms with van der Waals surface area (Å²) in [5.41, 5.74) is 4.40. The largest absolute Gasteiger partial charge is 0.496 e. The molecule has 0 aliphatic heterocycles. The fourth-order valence-corrected chi connectivity index (χ4v) is 1.91. The third kappa shape index (κ3) is 2.76. The summed E-state index contributed by atoms with van der Waals surface area (Å²) < 4.78 is 5.36. The Balaban J connectivity index is 2.43. The van der Waals surface area contributed by atoms with Crippen LogP contribution in [0.25, 0.3) is 11.3 Å². The summed E-state index contributed by atoms with van der Waals surface area (Å²) in [5.74, 6) is -0.154. The predicted molar refractivity (Wildman–Crippen MR) is 71.4 cm³/mol. The second-order valence-electron chi connectivity index (χ2n) is 4.49. The summed E-state index contributed by atoms with van der Waals surface area (Å²) in [7, 11) is 1.61. The molecule has 0 amide bonds. The highest BCUT2D eigenvalue weighted by Crippen LogP contribution is 2.31. The van der Waals surface area contributed by atoms with Crippen molar-refractivity contribution in [3.8, 4) is 17.0 Å². The molecule has 1 aromatic heterocycles. The van der Waals surface area contributed by atoms with Gasteiger partial charge in [0.1, 0.15) is 5.75 Å².